The smallest absolute Gasteiger partial charge is 0.207 e. The van der Waals surface area contributed by atoms with E-state index >= 15 is 0 Å². The first-order chi connectivity index (χ1) is 14.4. The van der Waals surface area contributed by atoms with Crippen molar-refractivity contribution in [2.45, 2.75) is 35.6 Å². The number of piperidine rings is 1. The zero-order valence-electron chi connectivity index (χ0n) is 16.5. The van der Waals surface area contributed by atoms with Crippen LogP contribution in [0, 0.1) is 0 Å². The van der Waals surface area contributed by atoms with E-state index in [9.17, 15) is 16.8 Å². The summed E-state index contributed by atoms with van der Waals surface area (Å²) in [4.78, 5) is 0.441. The van der Waals surface area contributed by atoms with Gasteiger partial charge in [0, 0.05) is 19.6 Å². The summed E-state index contributed by atoms with van der Waals surface area (Å²) in [6.07, 6.45) is 2.82. The molecule has 158 valence electrons. The highest BCUT2D eigenvalue weighted by Gasteiger charge is 2.25. The molecule has 3 aromatic rings. The minimum Gasteiger partial charge on any atom is -0.207 e. The van der Waals surface area contributed by atoms with E-state index in [-0.39, 0.29) is 16.3 Å². The number of fused-ring (bicyclic) bond motifs is 1. The Morgan fingerprint density at radius 3 is 2.07 bits per heavy atom. The van der Waals surface area contributed by atoms with Crippen LogP contribution in [0.2, 0.25) is 0 Å². The molecule has 0 bridgehead atoms. The molecule has 4 rings (SSSR count). The van der Waals surface area contributed by atoms with E-state index in [4.69, 9.17) is 0 Å². The number of nitrogens with one attached hydrogen (secondary N) is 1. The van der Waals surface area contributed by atoms with Gasteiger partial charge in [-0.15, -0.1) is 0 Å². The fourth-order valence-electron chi connectivity index (χ4n) is 3.63. The summed E-state index contributed by atoms with van der Waals surface area (Å²) in [7, 11) is -7.17. The van der Waals surface area contributed by atoms with Gasteiger partial charge in [0.05, 0.1) is 9.79 Å². The molecule has 30 heavy (non-hydrogen) atoms. The quantitative estimate of drug-likeness (QED) is 0.631. The minimum atomic E-state index is -3.68. The monoisotopic (exact) mass is 444 g/mol. The molecular weight excluding hydrogens is 420 g/mol. The lowest BCUT2D eigenvalue weighted by atomic mass is 10.1. The minimum absolute atomic E-state index is 0.0825. The summed E-state index contributed by atoms with van der Waals surface area (Å²) < 4.78 is 54.9. The molecule has 0 aromatic heterocycles. The summed E-state index contributed by atoms with van der Waals surface area (Å²) in [5.41, 5.74) is 0.692. The van der Waals surface area contributed by atoms with Crippen LogP contribution < -0.4 is 4.72 Å². The molecule has 1 aliphatic heterocycles. The summed E-state index contributed by atoms with van der Waals surface area (Å²) in [5, 5.41) is 1.83. The Morgan fingerprint density at radius 1 is 0.733 bits per heavy atom. The van der Waals surface area contributed by atoms with E-state index < -0.39 is 20.0 Å². The lowest BCUT2D eigenvalue weighted by molar-refractivity contribution is 0.346. The van der Waals surface area contributed by atoms with Crippen molar-refractivity contribution >= 4 is 30.8 Å². The van der Waals surface area contributed by atoms with Crippen LogP contribution in [0.25, 0.3) is 10.8 Å². The molecule has 0 aliphatic carbocycles. The van der Waals surface area contributed by atoms with Crippen LogP contribution in [0.1, 0.15) is 24.8 Å². The number of sulfonamides is 2. The van der Waals surface area contributed by atoms with Crippen molar-refractivity contribution in [3.8, 4) is 0 Å². The van der Waals surface area contributed by atoms with Gasteiger partial charge in [-0.25, -0.2) is 21.6 Å². The van der Waals surface area contributed by atoms with Crippen LogP contribution in [0.3, 0.4) is 0 Å². The Bertz CT molecular complexity index is 1250. The Hall–Kier alpha value is -2.26. The van der Waals surface area contributed by atoms with E-state index in [1.165, 1.54) is 4.31 Å². The van der Waals surface area contributed by atoms with Crippen LogP contribution in [0.4, 0.5) is 0 Å². The van der Waals surface area contributed by atoms with E-state index in [1.807, 2.05) is 24.3 Å². The molecule has 0 radical (unpaired) electrons. The molecule has 1 heterocycles. The fraction of sp³-hybridized carbons (Fsp3) is 0.273. The molecule has 0 spiro atoms. The average Bonchev–Trinajstić information content (AvgIpc) is 2.78. The topological polar surface area (TPSA) is 83.5 Å². The molecule has 1 N–H and O–H groups in total. The van der Waals surface area contributed by atoms with Gasteiger partial charge in [-0.2, -0.15) is 4.31 Å². The molecule has 0 amide bonds. The van der Waals surface area contributed by atoms with Crippen molar-refractivity contribution in [1.82, 2.24) is 9.03 Å². The van der Waals surface area contributed by atoms with Crippen molar-refractivity contribution < 1.29 is 16.8 Å². The third kappa shape index (κ3) is 4.41. The maximum absolute atomic E-state index is 12.7. The molecule has 0 unspecified atom stereocenters. The van der Waals surface area contributed by atoms with E-state index in [2.05, 4.69) is 4.72 Å². The molecule has 8 heteroatoms. The SMILES string of the molecule is O=S(=O)(NCc1ccc(S(=O)(=O)N2CCCCC2)cc1)c1ccc2ccccc2c1. The molecule has 1 aliphatic rings. The standard InChI is InChI=1S/C22H24N2O4S2/c25-29(26,22-13-10-19-6-2-3-7-20(19)16-22)23-17-18-8-11-21(12-9-18)30(27,28)24-14-4-1-5-15-24/h2-3,6-13,16,23H,1,4-5,14-15,17H2. The zero-order valence-corrected chi connectivity index (χ0v) is 18.1. The zero-order chi connectivity index (χ0) is 21.2. The van der Waals surface area contributed by atoms with Crippen molar-refractivity contribution in [1.29, 1.82) is 0 Å². The maximum atomic E-state index is 12.7. The third-order valence-corrected chi connectivity index (χ3v) is 8.69. The van der Waals surface area contributed by atoms with Gasteiger partial charge in [0.25, 0.3) is 0 Å². The third-order valence-electron chi connectivity index (χ3n) is 5.37. The first-order valence-electron chi connectivity index (χ1n) is 9.94. The lowest BCUT2D eigenvalue weighted by Gasteiger charge is -2.25. The van der Waals surface area contributed by atoms with Gasteiger partial charge in [0.1, 0.15) is 0 Å². The van der Waals surface area contributed by atoms with E-state index in [0.29, 0.717) is 18.7 Å². The second-order valence-electron chi connectivity index (χ2n) is 7.44. The van der Waals surface area contributed by atoms with Crippen molar-refractivity contribution in [3.63, 3.8) is 0 Å². The Labute approximate surface area is 177 Å². The highest BCUT2D eigenvalue weighted by molar-refractivity contribution is 7.89. The predicted molar refractivity (Wildman–Crippen MR) is 117 cm³/mol. The number of rotatable bonds is 6. The van der Waals surface area contributed by atoms with Crippen LogP contribution in [-0.2, 0) is 26.6 Å². The van der Waals surface area contributed by atoms with Gasteiger partial charge in [-0.05, 0) is 53.4 Å². The first kappa shape index (κ1) is 21.0. The predicted octanol–water partition coefficient (Wildman–Crippen LogP) is 3.49. The number of hydrogen-bond donors (Lipinski definition) is 1. The van der Waals surface area contributed by atoms with Crippen molar-refractivity contribution in [2.75, 3.05) is 13.1 Å². The van der Waals surface area contributed by atoms with Gasteiger partial charge in [0.2, 0.25) is 20.0 Å². The molecule has 6 nitrogen and oxygen atoms in total. The van der Waals surface area contributed by atoms with Gasteiger partial charge >= 0.3 is 0 Å². The van der Waals surface area contributed by atoms with Crippen molar-refractivity contribution in [2.24, 2.45) is 0 Å². The van der Waals surface area contributed by atoms with Gasteiger partial charge in [0.15, 0.2) is 0 Å². The summed E-state index contributed by atoms with van der Waals surface area (Å²) in [6.45, 7) is 1.19. The van der Waals surface area contributed by atoms with E-state index in [0.717, 1.165) is 30.0 Å². The molecular formula is C22H24N2O4S2. The highest BCUT2D eigenvalue weighted by atomic mass is 32.2. The fourth-order valence-corrected chi connectivity index (χ4v) is 6.20. The first-order valence-corrected chi connectivity index (χ1v) is 12.9. The molecule has 3 aromatic carbocycles. The van der Waals surface area contributed by atoms with Crippen LogP contribution in [-0.4, -0.2) is 34.2 Å². The van der Waals surface area contributed by atoms with Gasteiger partial charge in [-0.3, -0.25) is 0 Å². The molecule has 1 fully saturated rings. The summed E-state index contributed by atoms with van der Waals surface area (Å²) in [6, 6.07) is 19.0. The Balaban J connectivity index is 1.46. The summed E-state index contributed by atoms with van der Waals surface area (Å²) in [5.74, 6) is 0. The number of nitrogens with zero attached hydrogens (tertiary/aromatic N) is 1. The van der Waals surface area contributed by atoms with Gasteiger partial charge in [-0.1, -0.05) is 48.9 Å². The van der Waals surface area contributed by atoms with Crippen LogP contribution >= 0.6 is 0 Å². The average molecular weight is 445 g/mol. The molecule has 0 atom stereocenters. The van der Waals surface area contributed by atoms with Crippen LogP contribution in [0.5, 0.6) is 0 Å². The lowest BCUT2D eigenvalue weighted by Crippen LogP contribution is -2.35. The normalized spacial score (nSPS) is 16.0. The van der Waals surface area contributed by atoms with Crippen LogP contribution in [0.15, 0.2) is 76.5 Å². The molecule has 0 saturated carbocycles. The second kappa shape index (κ2) is 8.47. The summed E-state index contributed by atoms with van der Waals surface area (Å²) >= 11 is 0. The number of hydrogen-bond acceptors (Lipinski definition) is 4. The van der Waals surface area contributed by atoms with E-state index in [1.54, 1.807) is 42.5 Å². The Morgan fingerprint density at radius 2 is 1.37 bits per heavy atom. The highest BCUT2D eigenvalue weighted by Crippen LogP contribution is 2.22. The largest absolute Gasteiger partial charge is 0.243 e. The van der Waals surface area contributed by atoms with Gasteiger partial charge < -0.3 is 0 Å². The maximum Gasteiger partial charge on any atom is 0.243 e. The number of benzene rings is 3. The Kier molecular flexibility index (Phi) is 5.92. The van der Waals surface area contributed by atoms with Crippen molar-refractivity contribution in [3.05, 3.63) is 72.3 Å². The molecule has 1 saturated heterocycles. The second-order valence-corrected chi connectivity index (χ2v) is 11.1.